The third-order valence-electron chi connectivity index (χ3n) is 1.16. The second-order valence-corrected chi connectivity index (χ2v) is 3.41. The summed E-state index contributed by atoms with van der Waals surface area (Å²) in [5, 5.41) is 3.28. The summed E-state index contributed by atoms with van der Waals surface area (Å²) >= 11 is 0. The third kappa shape index (κ3) is 5.96. The van der Waals surface area contributed by atoms with Gasteiger partial charge in [0.25, 0.3) is 0 Å². The van der Waals surface area contributed by atoms with Crippen LogP contribution in [0.25, 0.3) is 0 Å². The molecule has 0 aliphatic heterocycles. The zero-order chi connectivity index (χ0) is 9.56. The summed E-state index contributed by atoms with van der Waals surface area (Å²) in [5.41, 5.74) is 0. The molecule has 0 aromatic rings. The van der Waals surface area contributed by atoms with Crippen LogP contribution in [0.5, 0.6) is 0 Å². The molecule has 0 unspecified atom stereocenters. The summed E-state index contributed by atoms with van der Waals surface area (Å²) in [4.78, 5) is 4.43. The maximum atomic E-state index is 4.43. The topological polar surface area (TPSA) is 24.4 Å². The Morgan fingerprint density at radius 2 is 1.83 bits per heavy atom. The molecule has 0 radical (unpaired) electrons. The van der Waals surface area contributed by atoms with Crippen LogP contribution in [-0.4, -0.2) is 17.9 Å². The Balaban J connectivity index is 4.22. The van der Waals surface area contributed by atoms with Crippen LogP contribution in [0.3, 0.4) is 0 Å². The zero-order valence-corrected chi connectivity index (χ0v) is 8.76. The molecule has 0 rings (SSSR count). The molecular weight excluding hydrogens is 148 g/mol. The van der Waals surface area contributed by atoms with Gasteiger partial charge in [-0.05, 0) is 40.7 Å². The fraction of sp³-hybridized carbons (Fsp3) is 0.700. The lowest BCUT2D eigenvalue weighted by Gasteiger charge is -2.10. The molecule has 1 N–H and O–H groups in total. The summed E-state index contributed by atoms with van der Waals surface area (Å²) < 4.78 is 0. The van der Waals surface area contributed by atoms with Crippen LogP contribution in [0.2, 0.25) is 0 Å². The van der Waals surface area contributed by atoms with Gasteiger partial charge in [-0.25, -0.2) is 0 Å². The highest BCUT2D eigenvalue weighted by atomic mass is 15.0. The Hall–Kier alpha value is -0.790. The molecule has 12 heavy (non-hydrogen) atoms. The standard InChI is InChI=1S/C10H20N2/c1-6-7-10(11-8(2)3)12-9(4)5/h6-9H,1-5H3,(H,11,12)/b7-6+. The maximum Gasteiger partial charge on any atom is 0.120 e. The first-order chi connectivity index (χ1) is 5.56. The Bertz CT molecular complexity index is 167. The number of hydrogen-bond donors (Lipinski definition) is 1. The predicted octanol–water partition coefficient (Wildman–Crippen LogP) is 2.37. The van der Waals surface area contributed by atoms with Gasteiger partial charge in [-0.2, -0.15) is 0 Å². The predicted molar refractivity (Wildman–Crippen MR) is 55.7 cm³/mol. The number of nitrogens with zero attached hydrogens (tertiary/aromatic N) is 1. The van der Waals surface area contributed by atoms with E-state index in [1.54, 1.807) is 0 Å². The van der Waals surface area contributed by atoms with Gasteiger partial charge in [0.1, 0.15) is 5.84 Å². The van der Waals surface area contributed by atoms with Gasteiger partial charge in [0.2, 0.25) is 0 Å². The lowest BCUT2D eigenvalue weighted by atomic mass is 10.3. The van der Waals surface area contributed by atoms with Gasteiger partial charge < -0.3 is 5.32 Å². The van der Waals surface area contributed by atoms with Crippen LogP contribution in [0.15, 0.2) is 17.1 Å². The lowest BCUT2D eigenvalue weighted by Crippen LogP contribution is -2.29. The van der Waals surface area contributed by atoms with E-state index in [0.29, 0.717) is 12.1 Å². The van der Waals surface area contributed by atoms with Crippen molar-refractivity contribution in [2.45, 2.75) is 46.7 Å². The van der Waals surface area contributed by atoms with E-state index in [1.165, 1.54) is 0 Å². The molecule has 0 saturated carbocycles. The van der Waals surface area contributed by atoms with E-state index in [-0.39, 0.29) is 0 Å². The molecule has 0 aliphatic rings. The first-order valence-corrected chi connectivity index (χ1v) is 4.53. The highest BCUT2D eigenvalue weighted by Gasteiger charge is 1.97. The van der Waals surface area contributed by atoms with Crippen molar-refractivity contribution in [2.24, 2.45) is 4.99 Å². The molecular formula is C10H20N2. The molecule has 70 valence electrons. The minimum atomic E-state index is 0.349. The van der Waals surface area contributed by atoms with E-state index in [2.05, 4.69) is 38.0 Å². The first-order valence-electron chi connectivity index (χ1n) is 4.53. The summed E-state index contributed by atoms with van der Waals surface area (Å²) in [5.74, 6) is 0.975. The van der Waals surface area contributed by atoms with Crippen LogP contribution < -0.4 is 5.32 Å². The normalized spacial score (nSPS) is 13.4. The Labute approximate surface area is 75.8 Å². The molecule has 0 amide bonds. The molecule has 2 heteroatoms. The van der Waals surface area contributed by atoms with Crippen molar-refractivity contribution >= 4 is 5.84 Å². The molecule has 0 aromatic carbocycles. The van der Waals surface area contributed by atoms with Gasteiger partial charge in [0.15, 0.2) is 0 Å². The number of hydrogen-bond acceptors (Lipinski definition) is 1. The molecule has 2 nitrogen and oxygen atoms in total. The smallest absolute Gasteiger partial charge is 0.120 e. The quantitative estimate of drug-likeness (QED) is 0.508. The second-order valence-electron chi connectivity index (χ2n) is 3.41. The Morgan fingerprint density at radius 1 is 1.25 bits per heavy atom. The van der Waals surface area contributed by atoms with Gasteiger partial charge >= 0.3 is 0 Å². The van der Waals surface area contributed by atoms with Gasteiger partial charge in [0, 0.05) is 12.1 Å². The Kier molecular flexibility index (Phi) is 5.43. The lowest BCUT2D eigenvalue weighted by molar-refractivity contribution is 0.721. The average molecular weight is 168 g/mol. The number of amidine groups is 1. The van der Waals surface area contributed by atoms with Crippen molar-refractivity contribution in [3.8, 4) is 0 Å². The van der Waals surface area contributed by atoms with Crippen molar-refractivity contribution in [1.82, 2.24) is 5.32 Å². The van der Waals surface area contributed by atoms with E-state index in [4.69, 9.17) is 0 Å². The second kappa shape index (κ2) is 5.81. The molecule has 0 aliphatic carbocycles. The molecule has 0 aromatic heterocycles. The van der Waals surface area contributed by atoms with Gasteiger partial charge in [-0.15, -0.1) is 0 Å². The van der Waals surface area contributed by atoms with E-state index in [9.17, 15) is 0 Å². The Morgan fingerprint density at radius 3 is 2.17 bits per heavy atom. The van der Waals surface area contributed by atoms with Crippen molar-refractivity contribution in [3.05, 3.63) is 12.2 Å². The van der Waals surface area contributed by atoms with E-state index >= 15 is 0 Å². The number of aliphatic imine (C=N–C) groups is 1. The minimum absolute atomic E-state index is 0.349. The molecule has 0 spiro atoms. The van der Waals surface area contributed by atoms with Crippen LogP contribution in [0.1, 0.15) is 34.6 Å². The summed E-state index contributed by atoms with van der Waals surface area (Å²) in [6.45, 7) is 10.4. The van der Waals surface area contributed by atoms with Crippen LogP contribution in [0.4, 0.5) is 0 Å². The minimum Gasteiger partial charge on any atom is -0.368 e. The maximum absolute atomic E-state index is 4.43. The zero-order valence-electron chi connectivity index (χ0n) is 8.76. The van der Waals surface area contributed by atoms with Gasteiger partial charge in [-0.1, -0.05) is 6.08 Å². The summed E-state index contributed by atoms with van der Waals surface area (Å²) in [7, 11) is 0. The highest BCUT2D eigenvalue weighted by Crippen LogP contribution is 1.90. The number of nitrogens with one attached hydrogen (secondary N) is 1. The largest absolute Gasteiger partial charge is 0.368 e. The molecule has 0 saturated heterocycles. The third-order valence-corrected chi connectivity index (χ3v) is 1.16. The average Bonchev–Trinajstić information content (AvgIpc) is 1.84. The number of rotatable bonds is 3. The summed E-state index contributed by atoms with van der Waals surface area (Å²) in [6, 6.07) is 0.793. The van der Waals surface area contributed by atoms with E-state index in [0.717, 1.165) is 5.84 Å². The first kappa shape index (κ1) is 11.2. The van der Waals surface area contributed by atoms with Crippen LogP contribution in [-0.2, 0) is 0 Å². The molecule has 0 bridgehead atoms. The van der Waals surface area contributed by atoms with Crippen LogP contribution >= 0.6 is 0 Å². The summed E-state index contributed by atoms with van der Waals surface area (Å²) in [6.07, 6.45) is 4.00. The fourth-order valence-electron chi connectivity index (χ4n) is 0.860. The fourth-order valence-corrected chi connectivity index (χ4v) is 0.860. The monoisotopic (exact) mass is 168 g/mol. The van der Waals surface area contributed by atoms with Gasteiger partial charge in [-0.3, -0.25) is 4.99 Å². The van der Waals surface area contributed by atoms with E-state index < -0.39 is 0 Å². The van der Waals surface area contributed by atoms with Crippen molar-refractivity contribution in [2.75, 3.05) is 0 Å². The van der Waals surface area contributed by atoms with Crippen LogP contribution in [0, 0.1) is 0 Å². The molecule has 0 atom stereocenters. The SMILES string of the molecule is C/C=C/C(=NC(C)C)NC(C)C. The molecule has 0 fully saturated rings. The van der Waals surface area contributed by atoms with Crippen molar-refractivity contribution < 1.29 is 0 Å². The van der Waals surface area contributed by atoms with Crippen molar-refractivity contribution in [1.29, 1.82) is 0 Å². The number of allylic oxidation sites excluding steroid dienone is 1. The molecule has 0 heterocycles. The van der Waals surface area contributed by atoms with Crippen molar-refractivity contribution in [3.63, 3.8) is 0 Å². The van der Waals surface area contributed by atoms with E-state index in [1.807, 2.05) is 19.1 Å². The highest BCUT2D eigenvalue weighted by molar-refractivity contribution is 5.93. The van der Waals surface area contributed by atoms with Gasteiger partial charge in [0.05, 0.1) is 0 Å².